The Kier molecular flexibility index (Phi) is 7.49. The molecule has 0 bridgehead atoms. The normalized spacial score (nSPS) is 10.1. The Labute approximate surface area is 154 Å². The first kappa shape index (κ1) is 19.3. The molecular formula is C20H25N3O3. The van der Waals surface area contributed by atoms with E-state index >= 15 is 0 Å². The maximum Gasteiger partial charge on any atom is 0.251 e. The Morgan fingerprint density at radius 3 is 2.35 bits per heavy atom. The van der Waals surface area contributed by atoms with Crippen LogP contribution in [0.25, 0.3) is 0 Å². The van der Waals surface area contributed by atoms with Gasteiger partial charge in [-0.15, -0.1) is 0 Å². The molecule has 2 amide bonds. The highest BCUT2D eigenvalue weighted by molar-refractivity contribution is 5.96. The second-order valence-electron chi connectivity index (χ2n) is 5.75. The highest BCUT2D eigenvalue weighted by atomic mass is 16.5. The second kappa shape index (κ2) is 10.1. The summed E-state index contributed by atoms with van der Waals surface area (Å²) in [5.74, 6) is 0.208. The van der Waals surface area contributed by atoms with Crippen LogP contribution in [0.3, 0.4) is 0 Å². The van der Waals surface area contributed by atoms with E-state index in [2.05, 4.69) is 15.5 Å². The number of amides is 2. The minimum absolute atomic E-state index is 0.0545. The molecule has 0 heterocycles. The van der Waals surface area contributed by atoms with Crippen molar-refractivity contribution < 1.29 is 14.3 Å². The van der Waals surface area contributed by atoms with E-state index in [4.69, 9.17) is 4.74 Å². The quantitative estimate of drug-likeness (QED) is 0.722. The van der Waals surface area contributed by atoms with Gasteiger partial charge in [-0.2, -0.15) is 0 Å². The number of nitrogens with one attached hydrogen (secondary N) is 2. The Hall–Kier alpha value is -3.02. The van der Waals surface area contributed by atoms with Crippen LogP contribution in [0.15, 0.2) is 54.6 Å². The lowest BCUT2D eigenvalue weighted by Crippen LogP contribution is -2.39. The number of anilines is 1. The molecule has 2 N–H and O–H groups in total. The van der Waals surface area contributed by atoms with Crippen molar-refractivity contribution in [1.29, 1.82) is 0 Å². The van der Waals surface area contributed by atoms with Crippen molar-refractivity contribution in [3.63, 3.8) is 0 Å². The van der Waals surface area contributed by atoms with Gasteiger partial charge in [0, 0.05) is 31.4 Å². The zero-order valence-electron chi connectivity index (χ0n) is 15.2. The number of hydrogen-bond donors (Lipinski definition) is 2. The maximum absolute atomic E-state index is 12.0. The number of nitrogens with zero attached hydrogens (tertiary/aromatic N) is 1. The van der Waals surface area contributed by atoms with E-state index in [0.717, 1.165) is 5.69 Å². The van der Waals surface area contributed by atoms with Gasteiger partial charge in [-0.05, 0) is 43.3 Å². The van der Waals surface area contributed by atoms with E-state index < -0.39 is 0 Å². The molecule has 0 saturated carbocycles. The summed E-state index contributed by atoms with van der Waals surface area (Å²) in [4.78, 5) is 26.0. The molecule has 0 unspecified atom stereocenters. The number of likely N-dealkylation sites (N-methyl/N-ethyl adjacent to an activating group) is 1. The zero-order valence-corrected chi connectivity index (χ0v) is 15.2. The van der Waals surface area contributed by atoms with Gasteiger partial charge in [0.2, 0.25) is 5.91 Å². The first-order valence-corrected chi connectivity index (χ1v) is 8.64. The Bertz CT molecular complexity index is 702. The van der Waals surface area contributed by atoms with Gasteiger partial charge in [-0.25, -0.2) is 0 Å². The van der Waals surface area contributed by atoms with E-state index in [9.17, 15) is 9.59 Å². The Morgan fingerprint density at radius 2 is 1.69 bits per heavy atom. The van der Waals surface area contributed by atoms with Crippen molar-refractivity contribution in [1.82, 2.24) is 10.6 Å². The molecule has 0 spiro atoms. The maximum atomic E-state index is 12.0. The summed E-state index contributed by atoms with van der Waals surface area (Å²) in [6.07, 6.45) is 0. The number of benzene rings is 2. The van der Waals surface area contributed by atoms with Crippen LogP contribution < -0.4 is 20.3 Å². The van der Waals surface area contributed by atoms with E-state index in [1.807, 2.05) is 44.3 Å². The molecular weight excluding hydrogens is 330 g/mol. The predicted molar refractivity (Wildman–Crippen MR) is 103 cm³/mol. The minimum atomic E-state index is -0.287. The van der Waals surface area contributed by atoms with Gasteiger partial charge < -0.3 is 20.3 Å². The summed E-state index contributed by atoms with van der Waals surface area (Å²) in [7, 11) is 1.97. The third-order valence-electron chi connectivity index (χ3n) is 3.80. The summed E-state index contributed by atoms with van der Waals surface area (Å²) < 4.78 is 5.33. The number of hydrogen-bond acceptors (Lipinski definition) is 4. The first-order valence-electron chi connectivity index (χ1n) is 8.64. The van der Waals surface area contributed by atoms with Crippen LogP contribution in [-0.4, -0.2) is 45.1 Å². The van der Waals surface area contributed by atoms with Crippen molar-refractivity contribution in [2.45, 2.75) is 6.92 Å². The van der Waals surface area contributed by atoms with Crippen LogP contribution in [0.1, 0.15) is 17.3 Å². The molecule has 0 radical (unpaired) electrons. The summed E-state index contributed by atoms with van der Waals surface area (Å²) in [6.45, 7) is 3.61. The summed E-state index contributed by atoms with van der Waals surface area (Å²) in [5, 5.41) is 5.42. The molecule has 6 heteroatoms. The van der Waals surface area contributed by atoms with Gasteiger partial charge in [-0.3, -0.25) is 9.59 Å². The molecule has 0 saturated heterocycles. The predicted octanol–water partition coefficient (Wildman–Crippen LogP) is 2.07. The topological polar surface area (TPSA) is 70.7 Å². The van der Waals surface area contributed by atoms with Crippen molar-refractivity contribution in [2.24, 2.45) is 0 Å². The average molecular weight is 355 g/mol. The van der Waals surface area contributed by atoms with Crippen LogP contribution in [0.4, 0.5) is 5.69 Å². The van der Waals surface area contributed by atoms with Crippen LogP contribution >= 0.6 is 0 Å². The standard InChI is InChI=1S/C20H25N3O3/c1-3-26-18-11-9-16(10-12-18)20(25)22-15-19(24)21-13-14-23(2)17-7-5-4-6-8-17/h4-12H,3,13-15H2,1-2H3,(H,21,24)(H,22,25). The molecule has 0 aliphatic carbocycles. The van der Waals surface area contributed by atoms with E-state index in [1.165, 1.54) is 0 Å². The molecule has 2 rings (SSSR count). The summed E-state index contributed by atoms with van der Waals surface area (Å²) >= 11 is 0. The fourth-order valence-corrected chi connectivity index (χ4v) is 2.37. The third kappa shape index (κ3) is 6.12. The van der Waals surface area contributed by atoms with Gasteiger partial charge in [0.15, 0.2) is 0 Å². The number of rotatable bonds is 9. The fraction of sp³-hybridized carbons (Fsp3) is 0.300. The molecule has 0 aliphatic heterocycles. The van der Waals surface area contributed by atoms with Crippen molar-refractivity contribution in [2.75, 3.05) is 38.2 Å². The Balaban J connectivity index is 1.68. The summed E-state index contributed by atoms with van der Waals surface area (Å²) in [5.41, 5.74) is 1.58. The van der Waals surface area contributed by atoms with Crippen LogP contribution in [0.5, 0.6) is 5.75 Å². The van der Waals surface area contributed by atoms with Gasteiger partial charge >= 0.3 is 0 Å². The van der Waals surface area contributed by atoms with Gasteiger partial charge in [-0.1, -0.05) is 18.2 Å². The van der Waals surface area contributed by atoms with E-state index in [0.29, 0.717) is 31.0 Å². The molecule has 2 aromatic carbocycles. The molecule has 0 fully saturated rings. The lowest BCUT2D eigenvalue weighted by molar-refractivity contribution is -0.120. The van der Waals surface area contributed by atoms with Crippen molar-refractivity contribution >= 4 is 17.5 Å². The highest BCUT2D eigenvalue weighted by Gasteiger charge is 2.08. The average Bonchev–Trinajstić information content (AvgIpc) is 2.67. The van der Waals surface area contributed by atoms with Gasteiger partial charge in [0.1, 0.15) is 5.75 Å². The fourth-order valence-electron chi connectivity index (χ4n) is 2.37. The van der Waals surface area contributed by atoms with Gasteiger partial charge in [0.25, 0.3) is 5.91 Å². The number of carbonyl (C=O) groups excluding carboxylic acids is 2. The SMILES string of the molecule is CCOc1ccc(C(=O)NCC(=O)NCCN(C)c2ccccc2)cc1. The molecule has 0 atom stereocenters. The lowest BCUT2D eigenvalue weighted by atomic mass is 10.2. The molecule has 2 aromatic rings. The van der Waals surface area contributed by atoms with Crippen molar-refractivity contribution in [3.8, 4) is 5.75 Å². The largest absolute Gasteiger partial charge is 0.494 e. The second-order valence-corrected chi connectivity index (χ2v) is 5.75. The third-order valence-corrected chi connectivity index (χ3v) is 3.80. The van der Waals surface area contributed by atoms with Crippen LogP contribution in [-0.2, 0) is 4.79 Å². The zero-order chi connectivity index (χ0) is 18.8. The number of ether oxygens (including phenoxy) is 1. The van der Waals surface area contributed by atoms with Crippen LogP contribution in [0, 0.1) is 0 Å². The molecule has 0 aromatic heterocycles. The monoisotopic (exact) mass is 355 g/mol. The summed E-state index contributed by atoms with van der Waals surface area (Å²) in [6, 6.07) is 16.8. The highest BCUT2D eigenvalue weighted by Crippen LogP contribution is 2.12. The Morgan fingerprint density at radius 1 is 1.00 bits per heavy atom. The molecule has 138 valence electrons. The smallest absolute Gasteiger partial charge is 0.251 e. The van der Waals surface area contributed by atoms with Crippen molar-refractivity contribution in [3.05, 3.63) is 60.2 Å². The molecule has 0 aliphatic rings. The number of para-hydroxylation sites is 1. The molecule has 26 heavy (non-hydrogen) atoms. The lowest BCUT2D eigenvalue weighted by Gasteiger charge is -2.19. The minimum Gasteiger partial charge on any atom is -0.494 e. The number of carbonyl (C=O) groups is 2. The van der Waals surface area contributed by atoms with Crippen LogP contribution in [0.2, 0.25) is 0 Å². The molecule has 6 nitrogen and oxygen atoms in total. The van der Waals surface area contributed by atoms with E-state index in [-0.39, 0.29) is 18.4 Å². The van der Waals surface area contributed by atoms with Gasteiger partial charge in [0.05, 0.1) is 13.2 Å². The van der Waals surface area contributed by atoms with E-state index in [1.54, 1.807) is 24.3 Å². The first-order chi connectivity index (χ1) is 12.6.